The molecule has 0 aliphatic rings. The Bertz CT molecular complexity index is 531. The Morgan fingerprint density at radius 1 is 1.00 bits per heavy atom. The maximum atomic E-state index is 8.81. The van der Waals surface area contributed by atoms with Gasteiger partial charge >= 0.3 is 0 Å². The molecule has 0 N–H and O–H groups in total. The monoisotopic (exact) mass is 289 g/mol. The number of rotatable bonds is 2. The second kappa shape index (κ2) is 5.20. The molecule has 0 atom stereocenters. The van der Waals surface area contributed by atoms with Crippen LogP contribution < -0.4 is 0 Å². The molecule has 0 amide bonds. The highest BCUT2D eigenvalue weighted by atomic mass is 79.9. The predicted molar refractivity (Wildman–Crippen MR) is 69.4 cm³/mol. The smallest absolute Gasteiger partial charge is 0.100 e. The second-order valence-electron chi connectivity index (χ2n) is 3.17. The minimum atomic E-state index is 0.664. The third-order valence-corrected chi connectivity index (χ3v) is 3.69. The van der Waals surface area contributed by atoms with Crippen LogP contribution in [0.2, 0.25) is 0 Å². The summed E-state index contributed by atoms with van der Waals surface area (Å²) in [4.78, 5) is 2.32. The van der Waals surface area contributed by atoms with Gasteiger partial charge in [-0.15, -0.1) is 0 Å². The van der Waals surface area contributed by atoms with Crippen molar-refractivity contribution >= 4 is 27.7 Å². The van der Waals surface area contributed by atoms with Gasteiger partial charge in [-0.1, -0.05) is 30.0 Å². The molecular weight excluding hydrogens is 282 g/mol. The molecule has 1 nitrogen and oxygen atoms in total. The van der Waals surface area contributed by atoms with Gasteiger partial charge in [-0.25, -0.2) is 0 Å². The number of nitrogens with zero attached hydrogens (tertiary/aromatic N) is 1. The zero-order valence-corrected chi connectivity index (χ0v) is 10.8. The van der Waals surface area contributed by atoms with E-state index in [9.17, 15) is 0 Å². The predicted octanol–water partition coefficient (Wildman–Crippen LogP) is 4.47. The van der Waals surface area contributed by atoms with Crippen LogP contribution in [0.1, 0.15) is 5.56 Å². The van der Waals surface area contributed by atoms with E-state index in [2.05, 4.69) is 34.1 Å². The van der Waals surface area contributed by atoms with Crippen molar-refractivity contribution in [2.75, 3.05) is 0 Å². The molecule has 0 aliphatic carbocycles. The zero-order valence-electron chi connectivity index (χ0n) is 8.35. The van der Waals surface area contributed by atoms with E-state index in [0.29, 0.717) is 5.56 Å². The summed E-state index contributed by atoms with van der Waals surface area (Å²) in [5, 5.41) is 8.81. The minimum Gasteiger partial charge on any atom is -0.192 e. The number of hydrogen-bond donors (Lipinski definition) is 0. The zero-order chi connectivity index (χ0) is 11.4. The molecule has 0 fully saturated rings. The van der Waals surface area contributed by atoms with E-state index in [-0.39, 0.29) is 0 Å². The van der Waals surface area contributed by atoms with E-state index < -0.39 is 0 Å². The standard InChI is InChI=1S/C13H8BrNS/c14-13-8-12(7-6-10(13)9-15)16-11-4-2-1-3-5-11/h1-8H. The molecular formula is C13H8BrNS. The number of nitriles is 1. The van der Waals surface area contributed by atoms with Crippen LogP contribution in [0, 0.1) is 11.3 Å². The first-order valence-electron chi connectivity index (χ1n) is 4.72. The summed E-state index contributed by atoms with van der Waals surface area (Å²) in [5.41, 5.74) is 0.664. The van der Waals surface area contributed by atoms with Crippen molar-refractivity contribution in [3.8, 4) is 6.07 Å². The summed E-state index contributed by atoms with van der Waals surface area (Å²) < 4.78 is 0.843. The number of benzene rings is 2. The molecule has 0 saturated heterocycles. The molecule has 3 heteroatoms. The van der Waals surface area contributed by atoms with Gasteiger partial charge in [-0.3, -0.25) is 0 Å². The highest BCUT2D eigenvalue weighted by Crippen LogP contribution is 2.30. The molecule has 0 spiro atoms. The Labute approximate surface area is 107 Å². The van der Waals surface area contributed by atoms with Gasteiger partial charge in [0, 0.05) is 14.3 Å². The molecule has 0 heterocycles. The van der Waals surface area contributed by atoms with Crippen molar-refractivity contribution in [2.45, 2.75) is 9.79 Å². The Kier molecular flexibility index (Phi) is 3.66. The van der Waals surface area contributed by atoms with Crippen LogP contribution in [-0.2, 0) is 0 Å². The lowest BCUT2D eigenvalue weighted by Crippen LogP contribution is -1.79. The van der Waals surface area contributed by atoms with Crippen molar-refractivity contribution in [3.05, 3.63) is 58.6 Å². The molecule has 0 saturated carbocycles. The summed E-state index contributed by atoms with van der Waals surface area (Å²) in [6.45, 7) is 0. The van der Waals surface area contributed by atoms with Crippen LogP contribution in [-0.4, -0.2) is 0 Å². The highest BCUT2D eigenvalue weighted by Gasteiger charge is 2.01. The lowest BCUT2D eigenvalue weighted by Gasteiger charge is -2.02. The van der Waals surface area contributed by atoms with E-state index in [0.717, 1.165) is 9.37 Å². The van der Waals surface area contributed by atoms with Gasteiger partial charge in [0.15, 0.2) is 0 Å². The van der Waals surface area contributed by atoms with Gasteiger partial charge in [0.25, 0.3) is 0 Å². The number of hydrogen-bond acceptors (Lipinski definition) is 2. The van der Waals surface area contributed by atoms with Gasteiger partial charge in [-0.2, -0.15) is 5.26 Å². The highest BCUT2D eigenvalue weighted by molar-refractivity contribution is 9.10. The normalized spacial score (nSPS) is 9.75. The SMILES string of the molecule is N#Cc1ccc(Sc2ccccc2)cc1Br. The average molecular weight is 290 g/mol. The summed E-state index contributed by atoms with van der Waals surface area (Å²) in [6.07, 6.45) is 0. The van der Waals surface area contributed by atoms with Crippen molar-refractivity contribution in [1.82, 2.24) is 0 Å². The summed E-state index contributed by atoms with van der Waals surface area (Å²) in [6, 6.07) is 18.0. The molecule has 2 aromatic rings. The van der Waals surface area contributed by atoms with Gasteiger partial charge in [0.05, 0.1) is 5.56 Å². The fourth-order valence-electron chi connectivity index (χ4n) is 1.27. The van der Waals surface area contributed by atoms with Crippen LogP contribution in [0.3, 0.4) is 0 Å². The molecule has 0 aromatic heterocycles. The minimum absolute atomic E-state index is 0.664. The van der Waals surface area contributed by atoms with Crippen molar-refractivity contribution in [3.63, 3.8) is 0 Å². The molecule has 78 valence electrons. The quantitative estimate of drug-likeness (QED) is 0.814. The summed E-state index contributed by atoms with van der Waals surface area (Å²) in [7, 11) is 0. The van der Waals surface area contributed by atoms with E-state index in [1.54, 1.807) is 11.8 Å². The lowest BCUT2D eigenvalue weighted by atomic mass is 10.2. The lowest BCUT2D eigenvalue weighted by molar-refractivity contribution is 1.37. The summed E-state index contributed by atoms with van der Waals surface area (Å²) in [5.74, 6) is 0. The van der Waals surface area contributed by atoms with Crippen molar-refractivity contribution < 1.29 is 0 Å². The Morgan fingerprint density at radius 2 is 1.75 bits per heavy atom. The third kappa shape index (κ3) is 2.66. The first kappa shape index (κ1) is 11.3. The van der Waals surface area contributed by atoms with Crippen molar-refractivity contribution in [2.24, 2.45) is 0 Å². The van der Waals surface area contributed by atoms with Crippen LogP contribution in [0.4, 0.5) is 0 Å². The molecule has 0 radical (unpaired) electrons. The van der Waals surface area contributed by atoms with Gasteiger partial charge in [-0.05, 0) is 46.3 Å². The van der Waals surface area contributed by atoms with E-state index in [4.69, 9.17) is 5.26 Å². The van der Waals surface area contributed by atoms with Crippen LogP contribution in [0.5, 0.6) is 0 Å². The molecule has 2 aromatic carbocycles. The fraction of sp³-hybridized carbons (Fsp3) is 0. The van der Waals surface area contributed by atoms with Gasteiger partial charge in [0.2, 0.25) is 0 Å². The first-order chi connectivity index (χ1) is 7.79. The molecule has 0 bridgehead atoms. The Morgan fingerprint density at radius 3 is 2.38 bits per heavy atom. The largest absolute Gasteiger partial charge is 0.192 e. The van der Waals surface area contributed by atoms with Crippen LogP contribution in [0.15, 0.2) is 62.8 Å². The van der Waals surface area contributed by atoms with Gasteiger partial charge in [0.1, 0.15) is 6.07 Å². The van der Waals surface area contributed by atoms with E-state index in [1.165, 1.54) is 4.90 Å². The maximum absolute atomic E-state index is 8.81. The molecule has 16 heavy (non-hydrogen) atoms. The third-order valence-electron chi connectivity index (χ3n) is 2.04. The molecule has 0 unspecified atom stereocenters. The first-order valence-corrected chi connectivity index (χ1v) is 6.33. The maximum Gasteiger partial charge on any atom is 0.100 e. The summed E-state index contributed by atoms with van der Waals surface area (Å²) >= 11 is 5.07. The van der Waals surface area contributed by atoms with Crippen molar-refractivity contribution in [1.29, 1.82) is 5.26 Å². The van der Waals surface area contributed by atoms with E-state index in [1.807, 2.05) is 36.4 Å². The Balaban J connectivity index is 2.24. The van der Waals surface area contributed by atoms with Crippen LogP contribution >= 0.6 is 27.7 Å². The Hall–Kier alpha value is -1.24. The van der Waals surface area contributed by atoms with Gasteiger partial charge < -0.3 is 0 Å². The second-order valence-corrected chi connectivity index (χ2v) is 5.17. The van der Waals surface area contributed by atoms with E-state index >= 15 is 0 Å². The fourth-order valence-corrected chi connectivity index (χ4v) is 2.77. The van der Waals surface area contributed by atoms with Crippen LogP contribution in [0.25, 0.3) is 0 Å². The number of halogens is 1. The molecule has 0 aliphatic heterocycles. The average Bonchev–Trinajstić information content (AvgIpc) is 2.31. The molecule has 2 rings (SSSR count). The topological polar surface area (TPSA) is 23.8 Å².